The Morgan fingerprint density at radius 1 is 1.27 bits per heavy atom. The highest BCUT2D eigenvalue weighted by Gasteiger charge is 2.21. The molecule has 1 amide bonds. The molecular weight excluding hydrogens is 330 g/mol. The highest BCUT2D eigenvalue weighted by atomic mass is 16.5. The van der Waals surface area contributed by atoms with Crippen LogP contribution in [0, 0.1) is 5.92 Å². The number of nitrogens with zero attached hydrogens (tertiary/aromatic N) is 3. The maximum absolute atomic E-state index is 11.7. The van der Waals surface area contributed by atoms with Gasteiger partial charge in [-0.1, -0.05) is 0 Å². The number of fused-ring (bicyclic) bond motifs is 1. The lowest BCUT2D eigenvalue weighted by atomic mass is 10.3. The van der Waals surface area contributed by atoms with E-state index in [9.17, 15) is 4.79 Å². The Morgan fingerprint density at radius 3 is 2.85 bits per heavy atom. The minimum absolute atomic E-state index is 0.248. The first-order valence-corrected chi connectivity index (χ1v) is 8.70. The molecule has 26 heavy (non-hydrogen) atoms. The topological polar surface area (TPSA) is 81.1 Å². The number of rotatable bonds is 6. The Morgan fingerprint density at radius 2 is 2.08 bits per heavy atom. The van der Waals surface area contributed by atoms with Gasteiger partial charge in [-0.15, -0.1) is 0 Å². The predicted octanol–water partition coefficient (Wildman–Crippen LogP) is 2.94. The van der Waals surface area contributed by atoms with Crippen molar-refractivity contribution in [1.29, 1.82) is 0 Å². The van der Waals surface area contributed by atoms with Crippen molar-refractivity contribution in [3.8, 4) is 11.5 Å². The van der Waals surface area contributed by atoms with Gasteiger partial charge in [0, 0.05) is 39.0 Å². The Hall–Kier alpha value is -3.09. The Labute approximate surface area is 151 Å². The van der Waals surface area contributed by atoms with E-state index in [-0.39, 0.29) is 5.91 Å². The number of amides is 1. The fourth-order valence-electron chi connectivity index (χ4n) is 2.82. The van der Waals surface area contributed by atoms with E-state index in [1.807, 2.05) is 25.2 Å². The van der Waals surface area contributed by atoms with Gasteiger partial charge in [0.05, 0.1) is 11.0 Å². The van der Waals surface area contributed by atoms with Gasteiger partial charge < -0.3 is 19.9 Å². The highest BCUT2D eigenvalue weighted by molar-refractivity contribution is 5.92. The fourth-order valence-corrected chi connectivity index (χ4v) is 2.82. The van der Waals surface area contributed by atoms with Crippen molar-refractivity contribution in [1.82, 2.24) is 19.9 Å². The van der Waals surface area contributed by atoms with Crippen LogP contribution in [0.15, 0.2) is 36.5 Å². The van der Waals surface area contributed by atoms with Crippen LogP contribution in [-0.2, 0) is 7.05 Å². The summed E-state index contributed by atoms with van der Waals surface area (Å²) < 4.78 is 7.94. The summed E-state index contributed by atoms with van der Waals surface area (Å²) >= 11 is 0. The normalized spacial score (nSPS) is 13.6. The number of aryl methyl sites for hydroxylation is 1. The lowest BCUT2D eigenvalue weighted by molar-refractivity contribution is 0.0958. The van der Waals surface area contributed by atoms with E-state index < -0.39 is 0 Å². The van der Waals surface area contributed by atoms with Gasteiger partial charge in [0.15, 0.2) is 0 Å². The van der Waals surface area contributed by atoms with Crippen molar-refractivity contribution in [2.24, 2.45) is 13.0 Å². The van der Waals surface area contributed by atoms with Gasteiger partial charge in [-0.2, -0.15) is 0 Å². The Bertz CT molecular complexity index is 962. The molecule has 0 radical (unpaired) electrons. The quantitative estimate of drug-likeness (QED) is 0.714. The lowest BCUT2D eigenvalue weighted by Crippen LogP contribution is -2.18. The van der Waals surface area contributed by atoms with E-state index in [4.69, 9.17) is 4.74 Å². The van der Waals surface area contributed by atoms with Crippen molar-refractivity contribution >= 4 is 22.9 Å². The van der Waals surface area contributed by atoms with Crippen LogP contribution < -0.4 is 15.4 Å². The fraction of sp³-hybridized carbons (Fsp3) is 0.316. The molecule has 1 fully saturated rings. The predicted molar refractivity (Wildman–Crippen MR) is 99.6 cm³/mol. The zero-order valence-electron chi connectivity index (χ0n) is 14.8. The van der Waals surface area contributed by atoms with Gasteiger partial charge in [0.25, 0.3) is 5.91 Å². The first-order chi connectivity index (χ1) is 12.6. The second-order valence-corrected chi connectivity index (χ2v) is 6.53. The number of carbonyl (C=O) groups is 1. The number of imidazole rings is 1. The van der Waals surface area contributed by atoms with Gasteiger partial charge in [0.1, 0.15) is 17.2 Å². The average Bonchev–Trinajstić information content (AvgIpc) is 3.43. The van der Waals surface area contributed by atoms with Crippen LogP contribution in [-0.4, -0.2) is 34.0 Å². The van der Waals surface area contributed by atoms with E-state index in [0.29, 0.717) is 17.2 Å². The van der Waals surface area contributed by atoms with Gasteiger partial charge in [-0.05, 0) is 37.0 Å². The smallest absolute Gasteiger partial charge is 0.269 e. The molecule has 0 saturated heterocycles. The Balaban J connectivity index is 1.56. The summed E-state index contributed by atoms with van der Waals surface area (Å²) in [6.45, 7) is 0.972. The number of anilines is 1. The summed E-state index contributed by atoms with van der Waals surface area (Å²) in [5, 5.41) is 5.97. The van der Waals surface area contributed by atoms with Crippen molar-refractivity contribution in [2.45, 2.75) is 12.8 Å². The van der Waals surface area contributed by atoms with E-state index in [2.05, 4.69) is 25.2 Å². The summed E-state index contributed by atoms with van der Waals surface area (Å²) in [5.74, 6) is 2.63. The molecule has 2 N–H and O–H groups in total. The summed E-state index contributed by atoms with van der Waals surface area (Å²) in [6, 6.07) is 9.12. The third kappa shape index (κ3) is 3.33. The molecule has 2 heterocycles. The van der Waals surface area contributed by atoms with E-state index >= 15 is 0 Å². The van der Waals surface area contributed by atoms with Crippen molar-refractivity contribution in [3.63, 3.8) is 0 Å². The van der Waals surface area contributed by atoms with Crippen molar-refractivity contribution in [2.75, 3.05) is 18.9 Å². The molecule has 1 aromatic carbocycles. The molecular formula is C19H21N5O2. The number of hydrogen-bond acceptors (Lipinski definition) is 5. The van der Waals surface area contributed by atoms with Crippen LogP contribution in [0.25, 0.3) is 11.0 Å². The molecule has 4 rings (SSSR count). The summed E-state index contributed by atoms with van der Waals surface area (Å²) in [4.78, 5) is 20.4. The minimum Gasteiger partial charge on any atom is -0.457 e. The minimum atomic E-state index is -0.248. The van der Waals surface area contributed by atoms with Gasteiger partial charge >= 0.3 is 0 Å². The maximum Gasteiger partial charge on any atom is 0.269 e. The van der Waals surface area contributed by atoms with E-state index in [0.717, 1.165) is 29.4 Å². The zero-order valence-corrected chi connectivity index (χ0v) is 14.8. The van der Waals surface area contributed by atoms with Crippen molar-refractivity contribution in [3.05, 3.63) is 42.2 Å². The Kier molecular flexibility index (Phi) is 4.20. The molecule has 0 aliphatic heterocycles. The molecule has 0 atom stereocenters. The number of pyridine rings is 1. The SMILES string of the molecule is CNC(=O)c1cc(Oc2ccc3c(c2)nc(NCC2CC2)n3C)ccn1. The summed E-state index contributed by atoms with van der Waals surface area (Å²) in [7, 11) is 3.57. The van der Waals surface area contributed by atoms with Crippen LogP contribution in [0.4, 0.5) is 5.95 Å². The van der Waals surface area contributed by atoms with Gasteiger partial charge in [-0.3, -0.25) is 9.78 Å². The molecule has 1 aliphatic rings. The molecule has 134 valence electrons. The third-order valence-electron chi connectivity index (χ3n) is 4.52. The average molecular weight is 351 g/mol. The molecule has 0 unspecified atom stereocenters. The van der Waals surface area contributed by atoms with E-state index in [1.165, 1.54) is 12.8 Å². The number of carbonyl (C=O) groups excluding carboxylic acids is 1. The molecule has 2 aromatic heterocycles. The van der Waals surface area contributed by atoms with Crippen LogP contribution in [0.1, 0.15) is 23.3 Å². The third-order valence-corrected chi connectivity index (χ3v) is 4.52. The number of nitrogens with one attached hydrogen (secondary N) is 2. The second-order valence-electron chi connectivity index (χ2n) is 6.53. The van der Waals surface area contributed by atoms with Gasteiger partial charge in [-0.25, -0.2) is 4.98 Å². The van der Waals surface area contributed by atoms with E-state index in [1.54, 1.807) is 25.4 Å². The molecule has 1 aliphatic carbocycles. The van der Waals surface area contributed by atoms with Crippen LogP contribution in [0.5, 0.6) is 11.5 Å². The molecule has 0 spiro atoms. The molecule has 0 bridgehead atoms. The van der Waals surface area contributed by atoms with Crippen LogP contribution in [0.2, 0.25) is 0 Å². The molecule has 3 aromatic rings. The zero-order chi connectivity index (χ0) is 18.1. The van der Waals surface area contributed by atoms with Crippen LogP contribution in [0.3, 0.4) is 0 Å². The first kappa shape index (κ1) is 16.4. The largest absolute Gasteiger partial charge is 0.457 e. The highest BCUT2D eigenvalue weighted by Crippen LogP contribution is 2.30. The standard InChI is InChI=1S/C19H21N5O2/c1-20-18(25)16-10-14(7-8-21-16)26-13-5-6-17-15(9-13)23-19(24(17)2)22-11-12-3-4-12/h5-10,12H,3-4,11H2,1-2H3,(H,20,25)(H,22,23). The second kappa shape index (κ2) is 6.67. The number of benzene rings is 1. The van der Waals surface area contributed by atoms with Gasteiger partial charge in [0.2, 0.25) is 5.95 Å². The number of hydrogen-bond donors (Lipinski definition) is 2. The molecule has 1 saturated carbocycles. The maximum atomic E-state index is 11.7. The molecule has 7 nitrogen and oxygen atoms in total. The summed E-state index contributed by atoms with van der Waals surface area (Å²) in [5.41, 5.74) is 2.22. The lowest BCUT2D eigenvalue weighted by Gasteiger charge is -2.07. The summed E-state index contributed by atoms with van der Waals surface area (Å²) in [6.07, 6.45) is 4.16. The first-order valence-electron chi connectivity index (χ1n) is 8.70. The number of ether oxygens (including phenoxy) is 1. The van der Waals surface area contributed by atoms with Crippen LogP contribution >= 0.6 is 0 Å². The number of aromatic nitrogens is 3. The monoisotopic (exact) mass is 351 g/mol. The molecule has 7 heteroatoms. The van der Waals surface area contributed by atoms with Crippen molar-refractivity contribution < 1.29 is 9.53 Å².